The first-order valence-corrected chi connectivity index (χ1v) is 6.07. The Labute approximate surface area is 108 Å². The minimum absolute atomic E-state index is 0.0316. The fourth-order valence-corrected chi connectivity index (χ4v) is 2.08. The maximum atomic E-state index is 11.4. The molecule has 0 atom stereocenters. The highest BCUT2D eigenvalue weighted by Crippen LogP contribution is 2.22. The molecule has 0 aliphatic carbocycles. The average molecular weight is 273 g/mol. The molecule has 0 aliphatic rings. The van der Waals surface area contributed by atoms with E-state index < -0.39 is 5.97 Å². The van der Waals surface area contributed by atoms with Crippen molar-refractivity contribution >= 4 is 28.3 Å². The Kier molecular flexibility index (Phi) is 5.69. The van der Waals surface area contributed by atoms with Crippen LogP contribution in [0, 0.1) is 6.92 Å². The maximum absolute atomic E-state index is 11.4. The summed E-state index contributed by atoms with van der Waals surface area (Å²) in [6.07, 6.45) is 0. The molecule has 100 valence electrons. The van der Waals surface area contributed by atoms with E-state index in [9.17, 15) is 9.59 Å². The lowest BCUT2D eigenvalue weighted by molar-refractivity contribution is -0.115. The molecule has 0 spiro atoms. The third kappa shape index (κ3) is 4.06. The Morgan fingerprint density at radius 3 is 2.83 bits per heavy atom. The van der Waals surface area contributed by atoms with Gasteiger partial charge in [-0.2, -0.15) is 0 Å². The van der Waals surface area contributed by atoms with Crippen molar-refractivity contribution in [3.8, 4) is 0 Å². The van der Waals surface area contributed by atoms with Crippen LogP contribution in [0.15, 0.2) is 0 Å². The highest BCUT2D eigenvalue weighted by atomic mass is 32.1. The predicted octanol–water partition coefficient (Wildman–Crippen LogP) is -0.241. The molecule has 1 heterocycles. The van der Waals surface area contributed by atoms with Gasteiger partial charge in [-0.3, -0.25) is 4.79 Å². The lowest BCUT2D eigenvalue weighted by atomic mass is 10.4. The van der Waals surface area contributed by atoms with E-state index in [1.165, 1.54) is 7.11 Å². The van der Waals surface area contributed by atoms with Crippen molar-refractivity contribution in [3.63, 3.8) is 0 Å². The molecule has 1 amide bonds. The van der Waals surface area contributed by atoms with Crippen LogP contribution < -0.4 is 10.6 Å². The van der Waals surface area contributed by atoms with E-state index in [0.717, 1.165) is 11.3 Å². The van der Waals surface area contributed by atoms with E-state index in [4.69, 9.17) is 5.11 Å². The van der Waals surface area contributed by atoms with E-state index in [0.29, 0.717) is 22.2 Å². The Morgan fingerprint density at radius 2 is 2.22 bits per heavy atom. The zero-order valence-electron chi connectivity index (χ0n) is 10.1. The topological polar surface area (TPSA) is 101 Å². The summed E-state index contributed by atoms with van der Waals surface area (Å²) in [6.45, 7) is 2.06. The van der Waals surface area contributed by atoms with Gasteiger partial charge in [0.15, 0.2) is 5.13 Å². The van der Waals surface area contributed by atoms with Gasteiger partial charge in [0, 0.05) is 6.54 Å². The summed E-state index contributed by atoms with van der Waals surface area (Å²) in [4.78, 5) is 27.2. The molecule has 3 N–H and O–H groups in total. The van der Waals surface area contributed by atoms with Crippen LogP contribution in [0.25, 0.3) is 0 Å². The number of anilines is 1. The summed E-state index contributed by atoms with van der Waals surface area (Å²) in [7, 11) is 1.29. The lowest BCUT2D eigenvalue weighted by Gasteiger charge is -2.02. The van der Waals surface area contributed by atoms with E-state index >= 15 is 0 Å². The molecule has 7 nitrogen and oxygen atoms in total. The van der Waals surface area contributed by atoms with Gasteiger partial charge < -0.3 is 20.5 Å². The van der Waals surface area contributed by atoms with Crippen LogP contribution in [0.1, 0.15) is 15.4 Å². The van der Waals surface area contributed by atoms with Crippen molar-refractivity contribution < 1.29 is 19.4 Å². The average Bonchev–Trinajstić information content (AvgIpc) is 2.69. The number of carbonyl (C=O) groups is 2. The number of amides is 1. The fourth-order valence-electron chi connectivity index (χ4n) is 1.18. The van der Waals surface area contributed by atoms with Gasteiger partial charge in [-0.1, -0.05) is 11.3 Å². The highest BCUT2D eigenvalue weighted by Gasteiger charge is 2.16. The van der Waals surface area contributed by atoms with Crippen molar-refractivity contribution in [3.05, 3.63) is 10.6 Å². The van der Waals surface area contributed by atoms with Crippen LogP contribution in [-0.4, -0.2) is 48.8 Å². The minimum Gasteiger partial charge on any atom is -0.465 e. The van der Waals surface area contributed by atoms with E-state index in [1.807, 2.05) is 0 Å². The number of nitrogens with zero attached hydrogens (tertiary/aromatic N) is 1. The van der Waals surface area contributed by atoms with Crippen molar-refractivity contribution in [2.45, 2.75) is 6.92 Å². The Hall–Kier alpha value is -1.51. The summed E-state index contributed by atoms with van der Waals surface area (Å²) >= 11 is 1.06. The second kappa shape index (κ2) is 7.04. The van der Waals surface area contributed by atoms with Crippen LogP contribution in [0.2, 0.25) is 0 Å². The number of hydrogen-bond acceptors (Lipinski definition) is 7. The number of nitrogens with one attached hydrogen (secondary N) is 2. The summed E-state index contributed by atoms with van der Waals surface area (Å²) in [5.41, 5.74) is 0.519. The van der Waals surface area contributed by atoms with Gasteiger partial charge in [-0.15, -0.1) is 0 Å². The number of ether oxygens (including phenoxy) is 1. The van der Waals surface area contributed by atoms with Crippen LogP contribution in [0.5, 0.6) is 0 Å². The van der Waals surface area contributed by atoms with E-state index in [1.54, 1.807) is 6.92 Å². The molecule has 8 heteroatoms. The van der Waals surface area contributed by atoms with E-state index in [2.05, 4.69) is 20.4 Å². The van der Waals surface area contributed by atoms with Crippen LogP contribution in [0.4, 0.5) is 5.13 Å². The van der Waals surface area contributed by atoms with E-state index in [-0.39, 0.29) is 19.1 Å². The van der Waals surface area contributed by atoms with Crippen LogP contribution >= 0.6 is 11.3 Å². The van der Waals surface area contributed by atoms with Crippen LogP contribution in [0.3, 0.4) is 0 Å². The quantitative estimate of drug-likeness (QED) is 0.488. The number of aliphatic hydroxyl groups excluding tert-OH is 1. The minimum atomic E-state index is -0.469. The second-order valence-electron chi connectivity index (χ2n) is 3.37. The van der Waals surface area contributed by atoms with Crippen molar-refractivity contribution in [1.29, 1.82) is 0 Å². The first kappa shape index (κ1) is 14.6. The number of aliphatic hydroxyl groups is 1. The van der Waals surface area contributed by atoms with Gasteiger partial charge in [0.05, 0.1) is 26.0 Å². The van der Waals surface area contributed by atoms with Gasteiger partial charge in [-0.25, -0.2) is 9.78 Å². The first-order valence-electron chi connectivity index (χ1n) is 5.25. The highest BCUT2D eigenvalue weighted by molar-refractivity contribution is 7.17. The smallest absolute Gasteiger partial charge is 0.350 e. The maximum Gasteiger partial charge on any atom is 0.350 e. The molecule has 0 fully saturated rings. The normalized spacial score (nSPS) is 10.2. The molecule has 0 saturated heterocycles. The fraction of sp³-hybridized carbons (Fsp3) is 0.500. The number of rotatable bonds is 6. The summed E-state index contributed by atoms with van der Waals surface area (Å²) in [5.74, 6) is -0.752. The number of thiazole rings is 1. The van der Waals surface area contributed by atoms with Crippen LogP contribution in [-0.2, 0) is 9.53 Å². The molecule has 1 rings (SSSR count). The monoisotopic (exact) mass is 273 g/mol. The molecule has 0 bridgehead atoms. The van der Waals surface area contributed by atoms with Gasteiger partial charge in [0.25, 0.3) is 0 Å². The second-order valence-corrected chi connectivity index (χ2v) is 4.37. The molecule has 1 aromatic heterocycles. The van der Waals surface area contributed by atoms with Gasteiger partial charge in [-0.05, 0) is 6.92 Å². The number of carbonyl (C=O) groups excluding carboxylic acids is 2. The molecule has 0 aliphatic heterocycles. The summed E-state index contributed by atoms with van der Waals surface area (Å²) in [5, 5.41) is 14.2. The van der Waals surface area contributed by atoms with Crippen molar-refractivity contribution in [2.75, 3.05) is 32.1 Å². The molecule has 0 radical (unpaired) electrons. The molecule has 18 heavy (non-hydrogen) atoms. The third-order valence-electron chi connectivity index (χ3n) is 1.99. The molecular weight excluding hydrogens is 258 g/mol. The largest absolute Gasteiger partial charge is 0.465 e. The number of aromatic nitrogens is 1. The standard InChI is InChI=1S/C10H15N3O4S/c1-6-8(9(16)17-2)18-10(12-6)13-7(15)5-11-3-4-14/h11,14H,3-5H2,1-2H3,(H,12,13,15). The number of aryl methyl sites for hydroxylation is 1. The van der Waals surface area contributed by atoms with Crippen molar-refractivity contribution in [1.82, 2.24) is 10.3 Å². The number of methoxy groups -OCH3 is 1. The van der Waals surface area contributed by atoms with Gasteiger partial charge >= 0.3 is 5.97 Å². The molecule has 1 aromatic rings. The predicted molar refractivity (Wildman–Crippen MR) is 66.8 cm³/mol. The SMILES string of the molecule is COC(=O)c1sc(NC(=O)CNCCO)nc1C. The molecule has 0 unspecified atom stereocenters. The van der Waals surface area contributed by atoms with Gasteiger partial charge in [0.2, 0.25) is 5.91 Å². The Bertz CT molecular complexity index is 433. The molecule has 0 aromatic carbocycles. The summed E-state index contributed by atoms with van der Waals surface area (Å²) < 4.78 is 4.59. The number of esters is 1. The first-order chi connectivity index (χ1) is 8.58. The third-order valence-corrected chi connectivity index (χ3v) is 3.04. The molecular formula is C10H15N3O4S. The number of hydrogen-bond donors (Lipinski definition) is 3. The Morgan fingerprint density at radius 1 is 1.50 bits per heavy atom. The van der Waals surface area contributed by atoms with Gasteiger partial charge in [0.1, 0.15) is 4.88 Å². The Balaban J connectivity index is 2.57. The van der Waals surface area contributed by atoms with Crippen molar-refractivity contribution in [2.24, 2.45) is 0 Å². The zero-order valence-corrected chi connectivity index (χ0v) is 11.0. The summed E-state index contributed by atoms with van der Waals surface area (Å²) in [6, 6.07) is 0. The lowest BCUT2D eigenvalue weighted by Crippen LogP contribution is -2.29. The molecule has 0 saturated carbocycles. The zero-order chi connectivity index (χ0) is 13.5.